The Labute approximate surface area is 146 Å². The predicted octanol–water partition coefficient (Wildman–Crippen LogP) is 1.21. The third-order valence-electron chi connectivity index (χ3n) is 5.30. The van der Waals surface area contributed by atoms with Crippen molar-refractivity contribution in [2.45, 2.75) is 50.5 Å². The van der Waals surface area contributed by atoms with Gasteiger partial charge in [-0.3, -0.25) is 9.69 Å². The summed E-state index contributed by atoms with van der Waals surface area (Å²) in [6.45, 7) is 4.19. The predicted molar refractivity (Wildman–Crippen MR) is 87.8 cm³/mol. The first-order valence-electron chi connectivity index (χ1n) is 8.73. The van der Waals surface area contributed by atoms with Gasteiger partial charge in [0.05, 0.1) is 6.20 Å². The molecular formula is C17H26FN3O4. The summed E-state index contributed by atoms with van der Waals surface area (Å²) in [7, 11) is 1.55. The van der Waals surface area contributed by atoms with E-state index in [2.05, 4.69) is 10.5 Å². The second-order valence-electron chi connectivity index (χ2n) is 6.84. The Bertz CT molecular complexity index is 588. The van der Waals surface area contributed by atoms with Crippen molar-refractivity contribution in [3.8, 4) is 0 Å². The number of methoxy groups -OCH3 is 1. The van der Waals surface area contributed by atoms with Gasteiger partial charge in [-0.2, -0.15) is 0 Å². The number of nitrogens with one attached hydrogen (secondary N) is 1. The molecule has 1 aromatic heterocycles. The van der Waals surface area contributed by atoms with Gasteiger partial charge in [-0.15, -0.1) is 0 Å². The highest BCUT2D eigenvalue weighted by molar-refractivity contribution is 5.85. The van der Waals surface area contributed by atoms with Crippen LogP contribution in [0, 0.1) is 6.92 Å². The lowest BCUT2D eigenvalue weighted by atomic mass is 9.93. The Balaban J connectivity index is 1.58. The Morgan fingerprint density at radius 2 is 2.28 bits per heavy atom. The number of rotatable bonds is 6. The van der Waals surface area contributed by atoms with E-state index >= 15 is 0 Å². The van der Waals surface area contributed by atoms with Crippen molar-refractivity contribution in [3.05, 3.63) is 17.5 Å². The molecule has 8 heteroatoms. The third kappa shape index (κ3) is 4.02. The number of nitrogens with zero attached hydrogens (tertiary/aromatic N) is 2. The van der Waals surface area contributed by atoms with E-state index in [1.165, 1.54) is 0 Å². The molecule has 2 aliphatic rings. The fraction of sp³-hybridized carbons (Fsp3) is 0.765. The zero-order valence-corrected chi connectivity index (χ0v) is 14.8. The Morgan fingerprint density at radius 1 is 1.52 bits per heavy atom. The number of hydrogen-bond acceptors (Lipinski definition) is 6. The molecule has 0 aliphatic carbocycles. The van der Waals surface area contributed by atoms with Crippen molar-refractivity contribution in [3.63, 3.8) is 0 Å². The van der Waals surface area contributed by atoms with Crippen LogP contribution in [0.2, 0.25) is 0 Å². The molecule has 0 radical (unpaired) electrons. The molecule has 0 aromatic carbocycles. The molecule has 1 N–H and O–H groups in total. The minimum atomic E-state index is -0.887. The molecule has 7 nitrogen and oxygen atoms in total. The first-order chi connectivity index (χ1) is 12.0. The molecule has 0 unspecified atom stereocenters. The topological polar surface area (TPSA) is 76.8 Å². The third-order valence-corrected chi connectivity index (χ3v) is 5.30. The number of likely N-dealkylation sites (tertiary alicyclic amines) is 1. The molecule has 0 saturated carbocycles. The molecule has 3 rings (SSSR count). The van der Waals surface area contributed by atoms with Crippen LogP contribution in [-0.2, 0) is 20.8 Å². The Kier molecular flexibility index (Phi) is 5.71. The first kappa shape index (κ1) is 18.3. The number of carbonyl (C=O) groups excluding carboxylic acids is 1. The van der Waals surface area contributed by atoms with E-state index in [1.807, 2.05) is 11.8 Å². The monoisotopic (exact) mass is 355 g/mol. The van der Waals surface area contributed by atoms with Crippen LogP contribution >= 0.6 is 0 Å². The lowest BCUT2D eigenvalue weighted by Gasteiger charge is -2.35. The van der Waals surface area contributed by atoms with E-state index in [-0.39, 0.29) is 11.9 Å². The lowest BCUT2D eigenvalue weighted by Crippen LogP contribution is -2.53. The van der Waals surface area contributed by atoms with Gasteiger partial charge < -0.3 is 19.3 Å². The summed E-state index contributed by atoms with van der Waals surface area (Å²) < 4.78 is 29.8. The van der Waals surface area contributed by atoms with Crippen LogP contribution in [0.25, 0.3) is 0 Å². The van der Waals surface area contributed by atoms with E-state index in [1.54, 1.807) is 13.3 Å². The number of halogens is 1. The van der Waals surface area contributed by atoms with Gasteiger partial charge in [-0.25, -0.2) is 4.39 Å². The maximum absolute atomic E-state index is 13.9. The number of aromatic nitrogens is 1. The lowest BCUT2D eigenvalue weighted by molar-refractivity contribution is -0.155. The highest BCUT2D eigenvalue weighted by atomic mass is 19.1. The van der Waals surface area contributed by atoms with Crippen LogP contribution in [-0.4, -0.2) is 67.2 Å². The van der Waals surface area contributed by atoms with Gasteiger partial charge in [-0.1, -0.05) is 5.16 Å². The van der Waals surface area contributed by atoms with Crippen LogP contribution < -0.4 is 5.32 Å². The quantitative estimate of drug-likeness (QED) is 0.827. The molecule has 140 valence electrons. The van der Waals surface area contributed by atoms with Gasteiger partial charge in [0.1, 0.15) is 11.9 Å². The number of aryl methyl sites for hydroxylation is 1. The summed E-state index contributed by atoms with van der Waals surface area (Å²) in [6.07, 6.45) is 2.26. The zero-order valence-electron chi connectivity index (χ0n) is 14.8. The number of alkyl halides is 1. The summed E-state index contributed by atoms with van der Waals surface area (Å²) in [6, 6.07) is -0.0537. The van der Waals surface area contributed by atoms with Gasteiger partial charge >= 0.3 is 0 Å². The second kappa shape index (κ2) is 7.80. The molecule has 1 aromatic rings. The van der Waals surface area contributed by atoms with Crippen LogP contribution in [0.4, 0.5) is 4.39 Å². The first-order valence-corrected chi connectivity index (χ1v) is 8.73. The molecule has 2 saturated heterocycles. The highest BCUT2D eigenvalue weighted by Gasteiger charge is 2.41. The summed E-state index contributed by atoms with van der Waals surface area (Å²) in [5.41, 5.74) is 0.116. The highest BCUT2D eigenvalue weighted by Crippen LogP contribution is 2.26. The fourth-order valence-electron chi connectivity index (χ4n) is 3.61. The molecule has 0 spiro atoms. The summed E-state index contributed by atoms with van der Waals surface area (Å²) in [5, 5.41) is 6.73. The maximum atomic E-state index is 13.9. The molecular weight excluding hydrogens is 329 g/mol. The van der Waals surface area contributed by atoms with Crippen molar-refractivity contribution < 1.29 is 23.2 Å². The number of hydrogen-bond donors (Lipinski definition) is 1. The molecule has 2 fully saturated rings. The van der Waals surface area contributed by atoms with E-state index in [0.29, 0.717) is 52.1 Å². The van der Waals surface area contributed by atoms with Crippen molar-refractivity contribution in [2.75, 3.05) is 33.4 Å². The van der Waals surface area contributed by atoms with E-state index < -0.39 is 11.8 Å². The smallest absolute Gasteiger partial charge is 0.252 e. The van der Waals surface area contributed by atoms with Gasteiger partial charge in [-0.05, 0) is 13.3 Å². The van der Waals surface area contributed by atoms with Crippen LogP contribution in [0.15, 0.2) is 10.7 Å². The average molecular weight is 355 g/mol. The Hall–Kier alpha value is -1.51. The molecule has 25 heavy (non-hydrogen) atoms. The average Bonchev–Trinajstić information content (AvgIpc) is 3.19. The number of carbonyl (C=O) groups is 1. The number of ether oxygens (including phenoxy) is 2. The van der Waals surface area contributed by atoms with Crippen LogP contribution in [0.3, 0.4) is 0 Å². The SMILES string of the molecule is COC1(C(=O)NC[C@@H]2C[C@H](F)CN2Cc2cnoc2C)CCOCC1. The van der Waals surface area contributed by atoms with E-state index in [4.69, 9.17) is 14.0 Å². The summed E-state index contributed by atoms with van der Waals surface area (Å²) in [5.74, 6) is 0.604. The maximum Gasteiger partial charge on any atom is 0.252 e. The summed E-state index contributed by atoms with van der Waals surface area (Å²) >= 11 is 0. The molecule has 2 atom stereocenters. The normalized spacial score (nSPS) is 26.7. The van der Waals surface area contributed by atoms with Gasteiger partial charge in [0.2, 0.25) is 0 Å². The van der Waals surface area contributed by atoms with Gasteiger partial charge in [0.25, 0.3) is 5.91 Å². The molecule has 0 bridgehead atoms. The van der Waals surface area contributed by atoms with Gasteiger partial charge in [0, 0.05) is 64.4 Å². The van der Waals surface area contributed by atoms with Crippen LogP contribution in [0.1, 0.15) is 30.6 Å². The molecule has 1 amide bonds. The van der Waals surface area contributed by atoms with E-state index in [0.717, 1.165) is 11.3 Å². The minimum absolute atomic E-state index is 0.0537. The van der Waals surface area contributed by atoms with Crippen LogP contribution in [0.5, 0.6) is 0 Å². The number of amides is 1. The second-order valence-corrected chi connectivity index (χ2v) is 6.84. The van der Waals surface area contributed by atoms with Gasteiger partial charge in [0.15, 0.2) is 5.60 Å². The molecule has 3 heterocycles. The summed E-state index contributed by atoms with van der Waals surface area (Å²) in [4.78, 5) is 14.7. The molecule has 2 aliphatic heterocycles. The van der Waals surface area contributed by atoms with Crippen molar-refractivity contribution in [1.29, 1.82) is 0 Å². The zero-order chi connectivity index (χ0) is 17.9. The Morgan fingerprint density at radius 3 is 2.92 bits per heavy atom. The standard InChI is InChI=1S/C17H26FN3O4/c1-12-13(8-20-25-12)10-21-11-14(18)7-15(21)9-19-16(22)17(23-2)3-5-24-6-4-17/h8,14-15H,3-7,9-11H2,1-2H3,(H,19,22)/t14-,15-/m0/s1. The minimum Gasteiger partial charge on any atom is -0.381 e. The largest absolute Gasteiger partial charge is 0.381 e. The van der Waals surface area contributed by atoms with Crippen molar-refractivity contribution in [1.82, 2.24) is 15.4 Å². The fourth-order valence-corrected chi connectivity index (χ4v) is 3.61. The van der Waals surface area contributed by atoms with E-state index in [9.17, 15) is 9.18 Å². The van der Waals surface area contributed by atoms with Crippen molar-refractivity contribution in [2.24, 2.45) is 0 Å². The van der Waals surface area contributed by atoms with Crippen molar-refractivity contribution >= 4 is 5.91 Å².